The Morgan fingerprint density at radius 1 is 1.23 bits per heavy atom. The van der Waals surface area contributed by atoms with E-state index in [-0.39, 0.29) is 6.09 Å². The van der Waals surface area contributed by atoms with Crippen LogP contribution in [0.15, 0.2) is 12.4 Å². The minimum Gasteiger partial charge on any atom is -0.450 e. The van der Waals surface area contributed by atoms with Gasteiger partial charge in [0, 0.05) is 37.3 Å². The molecule has 0 radical (unpaired) electrons. The van der Waals surface area contributed by atoms with Crippen molar-refractivity contribution in [3.63, 3.8) is 0 Å². The average Bonchev–Trinajstić information content (AvgIpc) is 3.00. The summed E-state index contributed by atoms with van der Waals surface area (Å²) in [6.07, 6.45) is 1.39. The van der Waals surface area contributed by atoms with Crippen molar-refractivity contribution in [2.24, 2.45) is 0 Å². The lowest BCUT2D eigenvalue weighted by molar-refractivity contribution is 0.105. The molecule has 1 amide bonds. The van der Waals surface area contributed by atoms with E-state index in [2.05, 4.69) is 32.8 Å². The molecule has 4 rings (SSSR count). The highest BCUT2D eigenvalue weighted by Crippen LogP contribution is 2.38. The quantitative estimate of drug-likeness (QED) is 0.689. The van der Waals surface area contributed by atoms with Gasteiger partial charge in [-0.05, 0) is 32.4 Å². The molecular formula is C18H21N5O2S. The number of aryl methyl sites for hydroxylation is 2. The lowest BCUT2D eigenvalue weighted by atomic mass is 10.1. The van der Waals surface area contributed by atoms with Crippen molar-refractivity contribution in [3.8, 4) is 0 Å². The van der Waals surface area contributed by atoms with Crippen LogP contribution in [0.2, 0.25) is 0 Å². The molecule has 3 aromatic heterocycles. The number of piperazine rings is 1. The predicted molar refractivity (Wildman–Crippen MR) is 103 cm³/mol. The molecule has 1 aliphatic heterocycles. The summed E-state index contributed by atoms with van der Waals surface area (Å²) in [5, 5.41) is 1.12. The van der Waals surface area contributed by atoms with Gasteiger partial charge in [0.15, 0.2) is 0 Å². The number of ether oxygens (including phenoxy) is 1. The zero-order valence-electron chi connectivity index (χ0n) is 15.2. The van der Waals surface area contributed by atoms with E-state index >= 15 is 0 Å². The van der Waals surface area contributed by atoms with E-state index in [1.165, 1.54) is 5.56 Å². The molecule has 26 heavy (non-hydrogen) atoms. The number of pyridine rings is 1. The minimum absolute atomic E-state index is 0.239. The molecule has 1 fully saturated rings. The molecule has 1 aliphatic rings. The van der Waals surface area contributed by atoms with E-state index in [4.69, 9.17) is 4.74 Å². The lowest BCUT2D eigenvalue weighted by Gasteiger charge is -2.34. The predicted octanol–water partition coefficient (Wildman–Crippen LogP) is 3.13. The second-order valence-electron chi connectivity index (χ2n) is 6.41. The van der Waals surface area contributed by atoms with Gasteiger partial charge in [0.05, 0.1) is 16.8 Å². The van der Waals surface area contributed by atoms with Gasteiger partial charge < -0.3 is 14.5 Å². The Balaban J connectivity index is 1.68. The molecule has 3 aromatic rings. The number of carbonyl (C=O) groups excluding carboxylic acids is 1. The molecule has 0 aromatic carbocycles. The van der Waals surface area contributed by atoms with Crippen LogP contribution in [-0.4, -0.2) is 58.7 Å². The number of amides is 1. The van der Waals surface area contributed by atoms with Crippen LogP contribution >= 0.6 is 11.3 Å². The Morgan fingerprint density at radius 2 is 2.00 bits per heavy atom. The van der Waals surface area contributed by atoms with Crippen LogP contribution in [0.3, 0.4) is 0 Å². The first kappa shape index (κ1) is 17.0. The van der Waals surface area contributed by atoms with Crippen molar-refractivity contribution < 1.29 is 9.53 Å². The molecule has 0 N–H and O–H groups in total. The third-order valence-corrected chi connectivity index (χ3v) is 5.71. The lowest BCUT2D eigenvalue weighted by Crippen LogP contribution is -2.49. The van der Waals surface area contributed by atoms with E-state index < -0.39 is 0 Å². The van der Waals surface area contributed by atoms with Crippen molar-refractivity contribution >= 4 is 43.7 Å². The fraction of sp³-hybridized carbons (Fsp3) is 0.444. The first-order valence-corrected chi connectivity index (χ1v) is 9.58. The van der Waals surface area contributed by atoms with Crippen LogP contribution < -0.4 is 4.90 Å². The highest BCUT2D eigenvalue weighted by Gasteiger charge is 2.25. The highest BCUT2D eigenvalue weighted by molar-refractivity contribution is 7.26. The Bertz CT molecular complexity index is 979. The Morgan fingerprint density at radius 3 is 2.73 bits per heavy atom. The molecule has 4 heterocycles. The molecule has 0 unspecified atom stereocenters. The third-order valence-electron chi connectivity index (χ3n) is 4.64. The molecule has 136 valence electrons. The average molecular weight is 371 g/mol. The fourth-order valence-corrected chi connectivity index (χ4v) is 4.71. The van der Waals surface area contributed by atoms with Crippen LogP contribution in [0.25, 0.3) is 20.4 Å². The molecule has 1 saturated heterocycles. The number of fused-ring (bicyclic) bond motifs is 3. The topological polar surface area (TPSA) is 71.5 Å². The number of rotatable bonds is 2. The number of anilines is 1. The summed E-state index contributed by atoms with van der Waals surface area (Å²) in [5.74, 6) is 0.929. The molecule has 0 saturated carbocycles. The highest BCUT2D eigenvalue weighted by atomic mass is 32.1. The standard InChI is InChI=1S/C18H21N5O2S/c1-4-25-18(24)23-7-5-22(6-8-23)16-15-14(19-10-20-16)13-11(2)9-12(3)21-17(13)26-15/h9-10H,4-8H2,1-3H3. The Kier molecular flexibility index (Phi) is 4.36. The maximum absolute atomic E-state index is 11.9. The van der Waals surface area contributed by atoms with Crippen LogP contribution in [0.5, 0.6) is 0 Å². The number of aromatic nitrogens is 3. The van der Waals surface area contributed by atoms with Gasteiger partial charge in [0.25, 0.3) is 0 Å². The Hall–Kier alpha value is -2.48. The maximum atomic E-state index is 11.9. The molecule has 0 aliphatic carbocycles. The van der Waals surface area contributed by atoms with Crippen molar-refractivity contribution in [2.45, 2.75) is 20.8 Å². The zero-order chi connectivity index (χ0) is 18.3. The van der Waals surface area contributed by atoms with Crippen LogP contribution in [0.1, 0.15) is 18.2 Å². The second-order valence-corrected chi connectivity index (χ2v) is 7.41. The first-order chi connectivity index (χ1) is 12.6. The minimum atomic E-state index is -0.239. The number of hydrogen-bond donors (Lipinski definition) is 0. The molecular weight excluding hydrogens is 350 g/mol. The second kappa shape index (κ2) is 6.68. The summed E-state index contributed by atoms with van der Waals surface area (Å²) in [7, 11) is 0. The van der Waals surface area contributed by atoms with Crippen molar-refractivity contribution in [1.29, 1.82) is 0 Å². The van der Waals surface area contributed by atoms with Gasteiger partial charge >= 0.3 is 6.09 Å². The molecule has 0 spiro atoms. The summed E-state index contributed by atoms with van der Waals surface area (Å²) < 4.78 is 6.16. The van der Waals surface area contributed by atoms with Gasteiger partial charge in [-0.1, -0.05) is 0 Å². The maximum Gasteiger partial charge on any atom is 0.409 e. The van der Waals surface area contributed by atoms with Gasteiger partial charge in [0.1, 0.15) is 17.0 Å². The number of thiophene rings is 1. The number of hydrogen-bond acceptors (Lipinski definition) is 7. The number of carbonyl (C=O) groups is 1. The van der Waals surface area contributed by atoms with Gasteiger partial charge in [-0.3, -0.25) is 0 Å². The summed E-state index contributed by atoms with van der Waals surface area (Å²) in [6.45, 7) is 9.05. The van der Waals surface area contributed by atoms with E-state index in [1.54, 1.807) is 22.6 Å². The largest absolute Gasteiger partial charge is 0.450 e. The van der Waals surface area contributed by atoms with Gasteiger partial charge in [-0.25, -0.2) is 19.7 Å². The molecule has 0 atom stereocenters. The third kappa shape index (κ3) is 2.84. The van der Waals surface area contributed by atoms with E-state index in [1.807, 2.05) is 13.8 Å². The smallest absolute Gasteiger partial charge is 0.409 e. The zero-order valence-corrected chi connectivity index (χ0v) is 16.0. The molecule has 0 bridgehead atoms. The molecule has 7 nitrogen and oxygen atoms in total. The van der Waals surface area contributed by atoms with Crippen molar-refractivity contribution in [3.05, 3.63) is 23.7 Å². The normalized spacial score (nSPS) is 15.0. The van der Waals surface area contributed by atoms with Gasteiger partial charge in [0.2, 0.25) is 0 Å². The van der Waals surface area contributed by atoms with Crippen LogP contribution in [0, 0.1) is 13.8 Å². The van der Waals surface area contributed by atoms with Gasteiger partial charge in [-0.15, -0.1) is 11.3 Å². The summed E-state index contributed by atoms with van der Waals surface area (Å²) in [4.78, 5) is 30.6. The fourth-order valence-electron chi connectivity index (χ4n) is 3.44. The van der Waals surface area contributed by atoms with Crippen LogP contribution in [-0.2, 0) is 4.74 Å². The summed E-state index contributed by atoms with van der Waals surface area (Å²) in [6, 6.07) is 2.09. The van der Waals surface area contributed by atoms with Crippen molar-refractivity contribution in [1.82, 2.24) is 19.9 Å². The van der Waals surface area contributed by atoms with Crippen LogP contribution in [0.4, 0.5) is 10.6 Å². The van der Waals surface area contributed by atoms with E-state index in [0.717, 1.165) is 45.0 Å². The van der Waals surface area contributed by atoms with E-state index in [9.17, 15) is 4.79 Å². The monoisotopic (exact) mass is 371 g/mol. The first-order valence-electron chi connectivity index (χ1n) is 8.76. The summed E-state index contributed by atoms with van der Waals surface area (Å²) in [5.41, 5.74) is 3.17. The summed E-state index contributed by atoms with van der Waals surface area (Å²) >= 11 is 1.64. The Labute approximate surface area is 155 Å². The number of nitrogens with zero attached hydrogens (tertiary/aromatic N) is 5. The molecule has 8 heteroatoms. The van der Waals surface area contributed by atoms with Crippen molar-refractivity contribution in [2.75, 3.05) is 37.7 Å². The van der Waals surface area contributed by atoms with E-state index in [0.29, 0.717) is 19.7 Å². The van der Waals surface area contributed by atoms with Gasteiger partial charge in [-0.2, -0.15) is 0 Å². The SMILES string of the molecule is CCOC(=O)N1CCN(c2ncnc3c2sc2nc(C)cc(C)c23)CC1.